The maximum Gasteiger partial charge on any atom is 0.222 e. The highest BCUT2D eigenvalue weighted by Crippen LogP contribution is 2.27. The Morgan fingerprint density at radius 3 is 2.73 bits per heavy atom. The Morgan fingerprint density at radius 1 is 1.32 bits per heavy atom. The van der Waals surface area contributed by atoms with Crippen LogP contribution in [0.4, 0.5) is 0 Å². The summed E-state index contributed by atoms with van der Waals surface area (Å²) in [5.41, 5.74) is 1.12. The van der Waals surface area contributed by atoms with Crippen molar-refractivity contribution in [3.63, 3.8) is 0 Å². The van der Waals surface area contributed by atoms with E-state index in [1.807, 2.05) is 30.1 Å². The molecule has 3 nitrogen and oxygen atoms in total. The number of carbonyl (C=O) groups excluding carboxylic acids is 1. The highest BCUT2D eigenvalue weighted by atomic mass is 35.5. The Hall–Kier alpha value is -0.770. The highest BCUT2D eigenvalue weighted by molar-refractivity contribution is 6.33. The van der Waals surface area contributed by atoms with E-state index in [4.69, 9.17) is 23.2 Å². The monoisotopic (exact) mass is 342 g/mol. The van der Waals surface area contributed by atoms with Gasteiger partial charge in [0.15, 0.2) is 0 Å². The van der Waals surface area contributed by atoms with E-state index in [0.29, 0.717) is 12.3 Å². The number of hydrogen-bond acceptors (Lipinski definition) is 2. The molecule has 1 aliphatic rings. The maximum atomic E-state index is 12.1. The van der Waals surface area contributed by atoms with Crippen LogP contribution in [0.25, 0.3) is 0 Å². The average Bonchev–Trinajstić information content (AvgIpc) is 2.52. The number of likely N-dealkylation sites (tertiary alicyclic amines) is 1. The van der Waals surface area contributed by atoms with Crippen molar-refractivity contribution in [1.82, 2.24) is 10.2 Å². The molecule has 0 unspecified atom stereocenters. The van der Waals surface area contributed by atoms with Crippen LogP contribution in [0.2, 0.25) is 10.0 Å². The second-order valence-corrected chi connectivity index (χ2v) is 6.81. The lowest BCUT2D eigenvalue weighted by atomic mass is 9.90. The largest absolute Gasteiger partial charge is 0.343 e. The third-order valence-corrected chi connectivity index (χ3v) is 4.90. The van der Waals surface area contributed by atoms with E-state index in [1.165, 1.54) is 0 Å². The first-order valence-corrected chi connectivity index (χ1v) is 8.72. The summed E-state index contributed by atoms with van der Waals surface area (Å²) >= 11 is 12.3. The minimum absolute atomic E-state index is 0.287. The highest BCUT2D eigenvalue weighted by Gasteiger charge is 2.23. The van der Waals surface area contributed by atoms with Gasteiger partial charge in [0.1, 0.15) is 0 Å². The van der Waals surface area contributed by atoms with Gasteiger partial charge in [-0.05, 0) is 69.0 Å². The maximum absolute atomic E-state index is 12.1. The van der Waals surface area contributed by atoms with E-state index in [0.717, 1.165) is 60.9 Å². The summed E-state index contributed by atoms with van der Waals surface area (Å²) in [4.78, 5) is 14.1. The van der Waals surface area contributed by atoms with Crippen molar-refractivity contribution >= 4 is 29.1 Å². The van der Waals surface area contributed by atoms with Crippen LogP contribution in [-0.2, 0) is 11.2 Å². The number of carbonyl (C=O) groups is 1. The molecule has 0 aromatic heterocycles. The lowest BCUT2D eigenvalue weighted by Crippen LogP contribution is -2.39. The number of nitrogens with zero attached hydrogens (tertiary/aromatic N) is 1. The lowest BCUT2D eigenvalue weighted by molar-refractivity contribution is -0.132. The van der Waals surface area contributed by atoms with Crippen LogP contribution in [0, 0.1) is 5.92 Å². The first-order chi connectivity index (χ1) is 10.6. The standard InChI is InChI=1S/C17H24Cl2N2O/c1-20-8-2-3-17(22)21-9-6-13(7-10-21)11-14-12-15(18)4-5-16(14)19/h4-5,12-13,20H,2-3,6-11H2,1H3. The van der Waals surface area contributed by atoms with Crippen LogP contribution < -0.4 is 5.32 Å². The van der Waals surface area contributed by atoms with Crippen LogP contribution in [0.1, 0.15) is 31.2 Å². The van der Waals surface area contributed by atoms with E-state index < -0.39 is 0 Å². The molecule has 1 aliphatic heterocycles. The molecule has 1 heterocycles. The second-order valence-electron chi connectivity index (χ2n) is 5.97. The average molecular weight is 343 g/mol. The number of halogens is 2. The van der Waals surface area contributed by atoms with Crippen molar-refractivity contribution in [2.75, 3.05) is 26.7 Å². The van der Waals surface area contributed by atoms with Crippen LogP contribution in [0.5, 0.6) is 0 Å². The van der Waals surface area contributed by atoms with Gasteiger partial charge in [0.05, 0.1) is 0 Å². The third-order valence-electron chi connectivity index (χ3n) is 4.30. The predicted octanol–water partition coefficient (Wildman–Crippen LogP) is 3.77. The summed E-state index contributed by atoms with van der Waals surface area (Å²) in [6, 6.07) is 5.64. The van der Waals surface area contributed by atoms with Gasteiger partial charge in [0, 0.05) is 29.6 Å². The molecule has 1 amide bonds. The number of nitrogens with one attached hydrogen (secondary N) is 1. The Morgan fingerprint density at radius 2 is 2.05 bits per heavy atom. The van der Waals surface area contributed by atoms with E-state index >= 15 is 0 Å². The molecule has 1 fully saturated rings. The lowest BCUT2D eigenvalue weighted by Gasteiger charge is -2.32. The normalized spacial score (nSPS) is 16.0. The van der Waals surface area contributed by atoms with Gasteiger partial charge in [-0.15, -0.1) is 0 Å². The summed E-state index contributed by atoms with van der Waals surface area (Å²) in [5, 5.41) is 4.60. The van der Waals surface area contributed by atoms with Gasteiger partial charge in [0.25, 0.3) is 0 Å². The van der Waals surface area contributed by atoms with Crippen molar-refractivity contribution in [2.45, 2.75) is 32.1 Å². The van der Waals surface area contributed by atoms with Crippen LogP contribution in [-0.4, -0.2) is 37.5 Å². The molecule has 5 heteroatoms. The minimum atomic E-state index is 0.287. The zero-order chi connectivity index (χ0) is 15.9. The van der Waals surface area contributed by atoms with Crippen LogP contribution in [0.3, 0.4) is 0 Å². The second kappa shape index (κ2) is 8.76. The van der Waals surface area contributed by atoms with Gasteiger partial charge < -0.3 is 10.2 Å². The molecule has 0 atom stereocenters. The molecule has 0 aliphatic carbocycles. The summed E-state index contributed by atoms with van der Waals surface area (Å²) in [7, 11) is 1.91. The number of benzene rings is 1. The summed E-state index contributed by atoms with van der Waals surface area (Å²) in [5.74, 6) is 0.867. The van der Waals surface area contributed by atoms with Crippen molar-refractivity contribution < 1.29 is 4.79 Å². The van der Waals surface area contributed by atoms with Crippen molar-refractivity contribution in [2.24, 2.45) is 5.92 Å². The topological polar surface area (TPSA) is 32.3 Å². The molecule has 0 radical (unpaired) electrons. The van der Waals surface area contributed by atoms with Gasteiger partial charge in [-0.25, -0.2) is 0 Å². The molecule has 0 saturated carbocycles. The van der Waals surface area contributed by atoms with E-state index in [9.17, 15) is 4.79 Å². The molecule has 0 bridgehead atoms. The van der Waals surface area contributed by atoms with E-state index in [1.54, 1.807) is 0 Å². The number of piperidine rings is 1. The van der Waals surface area contributed by atoms with E-state index in [2.05, 4.69) is 5.32 Å². The fourth-order valence-corrected chi connectivity index (χ4v) is 3.36. The van der Waals surface area contributed by atoms with Crippen LogP contribution in [0.15, 0.2) is 18.2 Å². The van der Waals surface area contributed by atoms with Crippen molar-refractivity contribution in [3.8, 4) is 0 Å². The fourth-order valence-electron chi connectivity index (χ4n) is 2.97. The van der Waals surface area contributed by atoms with Gasteiger partial charge in [-0.2, -0.15) is 0 Å². The van der Waals surface area contributed by atoms with Gasteiger partial charge in [-0.3, -0.25) is 4.79 Å². The number of amides is 1. The SMILES string of the molecule is CNCCCC(=O)N1CCC(Cc2cc(Cl)ccc2Cl)CC1. The fraction of sp³-hybridized carbons (Fsp3) is 0.588. The van der Waals surface area contributed by atoms with Gasteiger partial charge in [-0.1, -0.05) is 23.2 Å². The molecule has 1 saturated heterocycles. The van der Waals surface area contributed by atoms with Crippen molar-refractivity contribution in [3.05, 3.63) is 33.8 Å². The summed E-state index contributed by atoms with van der Waals surface area (Å²) < 4.78 is 0. The number of rotatable bonds is 6. The van der Waals surface area contributed by atoms with Gasteiger partial charge in [0.2, 0.25) is 5.91 Å². The smallest absolute Gasteiger partial charge is 0.222 e. The molecule has 0 spiro atoms. The quantitative estimate of drug-likeness (QED) is 0.798. The molecular formula is C17H24Cl2N2O. The predicted molar refractivity (Wildman–Crippen MR) is 92.6 cm³/mol. The molecule has 1 N–H and O–H groups in total. The Bertz CT molecular complexity index is 499. The Kier molecular flexibility index (Phi) is 7.00. The summed E-state index contributed by atoms with van der Waals surface area (Å²) in [6.07, 6.45) is 4.58. The molecule has 22 heavy (non-hydrogen) atoms. The van der Waals surface area contributed by atoms with Crippen LogP contribution >= 0.6 is 23.2 Å². The summed E-state index contributed by atoms with van der Waals surface area (Å²) in [6.45, 7) is 2.62. The molecule has 122 valence electrons. The third kappa shape index (κ3) is 5.15. The Labute approximate surface area is 143 Å². The zero-order valence-corrected chi connectivity index (χ0v) is 14.6. The van der Waals surface area contributed by atoms with Gasteiger partial charge >= 0.3 is 0 Å². The molecule has 2 rings (SSSR count). The zero-order valence-electron chi connectivity index (χ0n) is 13.1. The Balaban J connectivity index is 1.79. The molecule has 1 aromatic rings. The van der Waals surface area contributed by atoms with E-state index in [-0.39, 0.29) is 5.91 Å². The minimum Gasteiger partial charge on any atom is -0.343 e. The molecular weight excluding hydrogens is 319 g/mol. The molecule has 1 aromatic carbocycles. The first-order valence-electron chi connectivity index (χ1n) is 7.96. The van der Waals surface area contributed by atoms with Crippen molar-refractivity contribution in [1.29, 1.82) is 0 Å². The number of hydrogen-bond donors (Lipinski definition) is 1. The first kappa shape index (κ1) is 17.6.